The van der Waals surface area contributed by atoms with E-state index in [-0.39, 0.29) is 17.8 Å². The van der Waals surface area contributed by atoms with Crippen molar-refractivity contribution in [3.63, 3.8) is 0 Å². The van der Waals surface area contributed by atoms with Crippen molar-refractivity contribution in [1.29, 1.82) is 0 Å². The summed E-state index contributed by atoms with van der Waals surface area (Å²) in [6.45, 7) is 6.21. The summed E-state index contributed by atoms with van der Waals surface area (Å²) < 4.78 is 31.4. The van der Waals surface area contributed by atoms with E-state index in [1.165, 1.54) is 0 Å². The molecule has 0 saturated heterocycles. The highest BCUT2D eigenvalue weighted by molar-refractivity contribution is 5.99. The standard InChI is InChI=1S/C13H18F2N2O2/c1-4-19-13(2,3)7-17-12(18)8-5-9(14)10(15)6-11(8)16/h5-6H,4,7,16H2,1-3H3,(H,17,18). The molecule has 0 aliphatic heterocycles. The van der Waals surface area contributed by atoms with Gasteiger partial charge in [-0.25, -0.2) is 8.78 Å². The molecule has 0 fully saturated rings. The molecule has 0 bridgehead atoms. The van der Waals surface area contributed by atoms with Gasteiger partial charge in [0.05, 0.1) is 11.2 Å². The Morgan fingerprint density at radius 1 is 1.37 bits per heavy atom. The predicted molar refractivity (Wildman–Crippen MR) is 68.8 cm³/mol. The van der Waals surface area contributed by atoms with Crippen LogP contribution in [0.25, 0.3) is 0 Å². The molecule has 0 spiro atoms. The summed E-state index contributed by atoms with van der Waals surface area (Å²) in [5, 5.41) is 2.58. The highest BCUT2D eigenvalue weighted by Gasteiger charge is 2.20. The van der Waals surface area contributed by atoms with Crippen molar-refractivity contribution in [3.05, 3.63) is 29.3 Å². The summed E-state index contributed by atoms with van der Waals surface area (Å²) in [4.78, 5) is 11.8. The van der Waals surface area contributed by atoms with E-state index in [0.717, 1.165) is 12.1 Å². The monoisotopic (exact) mass is 272 g/mol. The molecule has 0 saturated carbocycles. The topological polar surface area (TPSA) is 64.3 Å². The Hall–Kier alpha value is -1.69. The number of ether oxygens (including phenoxy) is 1. The van der Waals surface area contributed by atoms with E-state index in [1.54, 1.807) is 0 Å². The second kappa shape index (κ2) is 5.97. The van der Waals surface area contributed by atoms with Crippen molar-refractivity contribution >= 4 is 11.6 Å². The van der Waals surface area contributed by atoms with Gasteiger partial charge in [0, 0.05) is 24.9 Å². The average molecular weight is 272 g/mol. The molecule has 0 atom stereocenters. The van der Waals surface area contributed by atoms with Gasteiger partial charge >= 0.3 is 0 Å². The van der Waals surface area contributed by atoms with E-state index in [1.807, 2.05) is 20.8 Å². The fourth-order valence-electron chi connectivity index (χ4n) is 1.59. The third-order valence-corrected chi connectivity index (χ3v) is 2.55. The van der Waals surface area contributed by atoms with Gasteiger partial charge in [0.2, 0.25) is 0 Å². The maximum atomic E-state index is 13.1. The summed E-state index contributed by atoms with van der Waals surface area (Å²) in [7, 11) is 0. The number of benzene rings is 1. The molecular formula is C13H18F2N2O2. The van der Waals surface area contributed by atoms with Crippen LogP contribution in [0, 0.1) is 11.6 Å². The lowest BCUT2D eigenvalue weighted by molar-refractivity contribution is -0.00815. The summed E-state index contributed by atoms with van der Waals surface area (Å²) in [6, 6.07) is 1.58. The number of amides is 1. The van der Waals surface area contributed by atoms with Crippen LogP contribution in [-0.2, 0) is 4.74 Å². The van der Waals surface area contributed by atoms with Crippen LogP contribution < -0.4 is 11.1 Å². The first-order valence-corrected chi connectivity index (χ1v) is 5.93. The minimum Gasteiger partial charge on any atom is -0.398 e. The summed E-state index contributed by atoms with van der Waals surface area (Å²) in [5.41, 5.74) is 4.75. The van der Waals surface area contributed by atoms with Crippen molar-refractivity contribution in [2.45, 2.75) is 26.4 Å². The van der Waals surface area contributed by atoms with Crippen LogP contribution in [-0.4, -0.2) is 24.7 Å². The van der Waals surface area contributed by atoms with Crippen LogP contribution in [0.4, 0.5) is 14.5 Å². The molecule has 1 aromatic carbocycles. The zero-order chi connectivity index (χ0) is 14.6. The van der Waals surface area contributed by atoms with Gasteiger partial charge < -0.3 is 15.8 Å². The molecule has 6 heteroatoms. The number of nitrogen functional groups attached to an aromatic ring is 1. The largest absolute Gasteiger partial charge is 0.398 e. The van der Waals surface area contributed by atoms with Gasteiger partial charge in [-0.05, 0) is 26.8 Å². The van der Waals surface area contributed by atoms with Gasteiger partial charge in [-0.3, -0.25) is 4.79 Å². The van der Waals surface area contributed by atoms with E-state index < -0.39 is 23.1 Å². The van der Waals surface area contributed by atoms with Crippen molar-refractivity contribution < 1.29 is 18.3 Å². The number of anilines is 1. The Bertz CT molecular complexity index is 476. The molecule has 0 heterocycles. The number of rotatable bonds is 5. The summed E-state index contributed by atoms with van der Waals surface area (Å²) >= 11 is 0. The molecule has 1 amide bonds. The van der Waals surface area contributed by atoms with Crippen molar-refractivity contribution in [2.75, 3.05) is 18.9 Å². The minimum atomic E-state index is -1.11. The lowest BCUT2D eigenvalue weighted by Crippen LogP contribution is -2.40. The van der Waals surface area contributed by atoms with Crippen LogP contribution in [0.5, 0.6) is 0 Å². The van der Waals surface area contributed by atoms with Crippen LogP contribution in [0.15, 0.2) is 12.1 Å². The molecular weight excluding hydrogens is 254 g/mol. The molecule has 0 aliphatic carbocycles. The Balaban J connectivity index is 2.77. The Kier molecular flexibility index (Phi) is 4.83. The second-order valence-electron chi connectivity index (χ2n) is 4.73. The quantitative estimate of drug-likeness (QED) is 0.807. The first-order valence-electron chi connectivity index (χ1n) is 5.93. The SMILES string of the molecule is CCOC(C)(C)CNC(=O)c1cc(F)c(F)cc1N. The molecule has 1 rings (SSSR count). The zero-order valence-electron chi connectivity index (χ0n) is 11.2. The lowest BCUT2D eigenvalue weighted by atomic mass is 10.1. The van der Waals surface area contributed by atoms with E-state index in [4.69, 9.17) is 10.5 Å². The Morgan fingerprint density at radius 2 is 1.95 bits per heavy atom. The molecule has 0 unspecified atom stereocenters. The van der Waals surface area contributed by atoms with E-state index in [0.29, 0.717) is 6.61 Å². The smallest absolute Gasteiger partial charge is 0.253 e. The maximum absolute atomic E-state index is 13.1. The first kappa shape index (κ1) is 15.4. The van der Waals surface area contributed by atoms with Crippen molar-refractivity contribution in [1.82, 2.24) is 5.32 Å². The number of carbonyl (C=O) groups excluding carboxylic acids is 1. The van der Waals surface area contributed by atoms with E-state index >= 15 is 0 Å². The van der Waals surface area contributed by atoms with Gasteiger partial charge in [0.25, 0.3) is 5.91 Å². The summed E-state index contributed by atoms with van der Waals surface area (Å²) in [5.74, 6) is -2.75. The Labute approximate surface area is 110 Å². The number of nitrogens with two attached hydrogens (primary N) is 1. The maximum Gasteiger partial charge on any atom is 0.253 e. The Morgan fingerprint density at radius 3 is 2.53 bits per heavy atom. The van der Waals surface area contributed by atoms with Crippen LogP contribution >= 0.6 is 0 Å². The number of halogens is 2. The number of hydrogen-bond donors (Lipinski definition) is 2. The first-order chi connectivity index (χ1) is 8.76. The fourth-order valence-corrected chi connectivity index (χ4v) is 1.59. The molecule has 106 valence electrons. The number of carbonyl (C=O) groups is 1. The van der Waals surface area contributed by atoms with Crippen LogP contribution in [0.3, 0.4) is 0 Å². The fraction of sp³-hybridized carbons (Fsp3) is 0.462. The lowest BCUT2D eigenvalue weighted by Gasteiger charge is -2.25. The van der Waals surface area contributed by atoms with Gasteiger partial charge in [-0.1, -0.05) is 0 Å². The van der Waals surface area contributed by atoms with Gasteiger partial charge in [0.15, 0.2) is 11.6 Å². The predicted octanol–water partition coefficient (Wildman–Crippen LogP) is 2.09. The normalized spacial score (nSPS) is 11.4. The van der Waals surface area contributed by atoms with E-state index in [2.05, 4.69) is 5.32 Å². The van der Waals surface area contributed by atoms with Gasteiger partial charge in [-0.15, -0.1) is 0 Å². The second-order valence-corrected chi connectivity index (χ2v) is 4.73. The number of nitrogens with one attached hydrogen (secondary N) is 1. The van der Waals surface area contributed by atoms with Gasteiger partial charge in [0.1, 0.15) is 0 Å². The number of hydrogen-bond acceptors (Lipinski definition) is 3. The summed E-state index contributed by atoms with van der Waals surface area (Å²) in [6.07, 6.45) is 0. The molecule has 19 heavy (non-hydrogen) atoms. The molecule has 1 aromatic rings. The minimum absolute atomic E-state index is 0.0915. The molecule has 0 aliphatic rings. The zero-order valence-corrected chi connectivity index (χ0v) is 11.2. The molecule has 0 aromatic heterocycles. The van der Waals surface area contributed by atoms with Crippen LogP contribution in [0.1, 0.15) is 31.1 Å². The van der Waals surface area contributed by atoms with E-state index in [9.17, 15) is 13.6 Å². The molecule has 0 radical (unpaired) electrons. The van der Waals surface area contributed by atoms with Crippen molar-refractivity contribution in [2.24, 2.45) is 0 Å². The van der Waals surface area contributed by atoms with Crippen LogP contribution in [0.2, 0.25) is 0 Å². The molecule has 4 nitrogen and oxygen atoms in total. The average Bonchev–Trinajstić information content (AvgIpc) is 2.31. The third-order valence-electron chi connectivity index (χ3n) is 2.55. The van der Waals surface area contributed by atoms with Gasteiger partial charge in [-0.2, -0.15) is 0 Å². The molecule has 3 N–H and O–H groups in total. The van der Waals surface area contributed by atoms with Crippen molar-refractivity contribution in [3.8, 4) is 0 Å². The highest BCUT2D eigenvalue weighted by atomic mass is 19.2. The third kappa shape index (κ3) is 4.17. The highest BCUT2D eigenvalue weighted by Crippen LogP contribution is 2.17.